The number of thiophene rings is 1. The second-order valence-corrected chi connectivity index (χ2v) is 9.62. The topological polar surface area (TPSA) is 134 Å². The largest absolute Gasteiger partial charge is 0.333 e. The first kappa shape index (κ1) is 20.0. The minimum Gasteiger partial charge on any atom is -0.306 e. The fourth-order valence-electron chi connectivity index (χ4n) is 2.63. The normalized spacial score (nSPS) is 11.4. The zero-order chi connectivity index (χ0) is 21.3. The predicted octanol–water partition coefficient (Wildman–Crippen LogP) is 3.21. The van der Waals surface area contributed by atoms with E-state index in [2.05, 4.69) is 20.5 Å². The van der Waals surface area contributed by atoms with Crippen LogP contribution in [0.5, 0.6) is 0 Å². The Balaban J connectivity index is 1.51. The van der Waals surface area contributed by atoms with E-state index >= 15 is 0 Å². The number of H-pyrrole nitrogens is 1. The summed E-state index contributed by atoms with van der Waals surface area (Å²) < 4.78 is 26.4. The van der Waals surface area contributed by atoms with Crippen LogP contribution in [0.1, 0.15) is 0 Å². The average molecular weight is 462 g/mol. The molecule has 4 aromatic rings. The molecule has 2 amide bonds. The van der Waals surface area contributed by atoms with Gasteiger partial charge < -0.3 is 5.32 Å². The molecule has 0 saturated carbocycles. The van der Waals surface area contributed by atoms with Crippen LogP contribution >= 0.6 is 22.9 Å². The highest BCUT2D eigenvalue weighted by Crippen LogP contribution is 2.25. The van der Waals surface area contributed by atoms with Crippen LogP contribution in [0.15, 0.2) is 63.7 Å². The number of amides is 2. The molecule has 3 N–H and O–H groups in total. The lowest BCUT2D eigenvalue weighted by Crippen LogP contribution is -2.33. The summed E-state index contributed by atoms with van der Waals surface area (Å²) in [6, 6.07) is 11.7. The van der Waals surface area contributed by atoms with Gasteiger partial charge in [0, 0.05) is 5.39 Å². The summed E-state index contributed by atoms with van der Waals surface area (Å²) in [7, 11) is -4.04. The number of pyridine rings is 1. The van der Waals surface area contributed by atoms with Crippen molar-refractivity contribution in [1.82, 2.24) is 19.9 Å². The van der Waals surface area contributed by atoms with Crippen molar-refractivity contribution in [1.29, 1.82) is 0 Å². The zero-order valence-electron chi connectivity index (χ0n) is 14.9. The Morgan fingerprint density at radius 1 is 1.10 bits per heavy atom. The number of fused-ring (bicyclic) bond motifs is 1. The van der Waals surface area contributed by atoms with Crippen molar-refractivity contribution in [2.45, 2.75) is 4.21 Å². The van der Waals surface area contributed by atoms with Crippen LogP contribution in [0, 0.1) is 0 Å². The molecule has 4 rings (SSSR count). The fraction of sp³-hybridized carbons (Fsp3) is 0. The number of nitrogens with zero attached hydrogens (tertiary/aromatic N) is 2. The predicted molar refractivity (Wildman–Crippen MR) is 114 cm³/mol. The molecule has 0 aliphatic carbocycles. The molecule has 0 atom stereocenters. The molecule has 3 heterocycles. The number of hydrogen-bond acceptors (Lipinski definition) is 7. The second-order valence-electron chi connectivity index (χ2n) is 6.00. The van der Waals surface area contributed by atoms with E-state index in [0.29, 0.717) is 16.6 Å². The Morgan fingerprint density at radius 2 is 1.90 bits per heavy atom. The number of carbonyl (C=O) groups is 1. The van der Waals surface area contributed by atoms with E-state index in [4.69, 9.17) is 11.6 Å². The Morgan fingerprint density at radius 3 is 2.60 bits per heavy atom. The third-order valence-corrected chi connectivity index (χ3v) is 7.03. The van der Waals surface area contributed by atoms with Crippen molar-refractivity contribution in [2.24, 2.45) is 0 Å². The van der Waals surface area contributed by atoms with Gasteiger partial charge in [0.15, 0.2) is 5.69 Å². The second kappa shape index (κ2) is 7.86. The Kier molecular flexibility index (Phi) is 5.24. The number of hydrogen-bond donors (Lipinski definition) is 3. The molecular weight excluding hydrogens is 450 g/mol. The van der Waals surface area contributed by atoms with Gasteiger partial charge in [-0.15, -0.1) is 11.3 Å². The number of aromatic amines is 1. The fourth-order valence-corrected chi connectivity index (χ4v) is 5.02. The van der Waals surface area contributed by atoms with Crippen LogP contribution in [-0.4, -0.2) is 29.6 Å². The minimum atomic E-state index is -4.04. The van der Waals surface area contributed by atoms with Gasteiger partial charge in [0.1, 0.15) is 4.21 Å². The highest BCUT2D eigenvalue weighted by atomic mass is 35.5. The molecule has 0 aliphatic heterocycles. The monoisotopic (exact) mass is 461 g/mol. The quantitative estimate of drug-likeness (QED) is 0.427. The number of para-hydroxylation sites is 1. The number of halogens is 1. The molecule has 0 aliphatic rings. The number of aromatic nitrogens is 3. The summed E-state index contributed by atoms with van der Waals surface area (Å²) in [5.74, 6) is 0. The Hall–Kier alpha value is -3.28. The molecule has 0 saturated heterocycles. The van der Waals surface area contributed by atoms with Gasteiger partial charge in [-0.25, -0.2) is 17.9 Å². The smallest absolute Gasteiger partial charge is 0.306 e. The number of carbonyl (C=O) groups excluding carboxylic acids is 1. The van der Waals surface area contributed by atoms with E-state index in [1.165, 1.54) is 30.5 Å². The van der Waals surface area contributed by atoms with Gasteiger partial charge in [0.05, 0.1) is 27.4 Å². The van der Waals surface area contributed by atoms with E-state index in [1.807, 2.05) is 4.72 Å². The molecule has 0 unspecified atom stereocenters. The molecular formula is C18H12ClN5O4S2. The summed E-state index contributed by atoms with van der Waals surface area (Å²) in [5, 5.41) is 9.71. The molecule has 3 aromatic heterocycles. The van der Waals surface area contributed by atoms with Crippen LogP contribution in [0.4, 0.5) is 10.5 Å². The van der Waals surface area contributed by atoms with E-state index in [9.17, 15) is 18.0 Å². The maximum atomic E-state index is 12.6. The van der Waals surface area contributed by atoms with Crippen LogP contribution < -0.4 is 15.5 Å². The average Bonchev–Trinajstić information content (AvgIpc) is 3.16. The van der Waals surface area contributed by atoms with Crippen molar-refractivity contribution in [3.05, 3.63) is 69.3 Å². The molecule has 12 heteroatoms. The molecule has 30 heavy (non-hydrogen) atoms. The number of sulfonamides is 1. The Bertz CT molecular complexity index is 1410. The van der Waals surface area contributed by atoms with Crippen LogP contribution in [-0.2, 0) is 10.0 Å². The van der Waals surface area contributed by atoms with Gasteiger partial charge in [0.2, 0.25) is 5.43 Å². The van der Waals surface area contributed by atoms with E-state index in [0.717, 1.165) is 11.3 Å². The van der Waals surface area contributed by atoms with E-state index in [1.54, 1.807) is 24.3 Å². The number of urea groups is 1. The first-order chi connectivity index (χ1) is 14.3. The molecule has 0 radical (unpaired) electrons. The highest BCUT2D eigenvalue weighted by molar-refractivity contribution is 7.92. The number of benzene rings is 1. The van der Waals surface area contributed by atoms with Crippen LogP contribution in [0.25, 0.3) is 22.3 Å². The van der Waals surface area contributed by atoms with E-state index in [-0.39, 0.29) is 25.4 Å². The third kappa shape index (κ3) is 4.03. The van der Waals surface area contributed by atoms with Gasteiger partial charge in [-0.2, -0.15) is 5.10 Å². The summed E-state index contributed by atoms with van der Waals surface area (Å²) in [6.45, 7) is 0. The molecule has 1 aromatic carbocycles. The van der Waals surface area contributed by atoms with Crippen molar-refractivity contribution in [2.75, 3.05) is 5.32 Å². The lowest BCUT2D eigenvalue weighted by molar-refractivity contribution is 0.256. The number of anilines is 1. The minimum absolute atomic E-state index is 0.0854. The molecule has 0 fully saturated rings. The molecule has 0 spiro atoms. The molecule has 9 nitrogen and oxygen atoms in total. The van der Waals surface area contributed by atoms with E-state index < -0.39 is 16.1 Å². The summed E-state index contributed by atoms with van der Waals surface area (Å²) in [6.07, 6.45) is 1.29. The summed E-state index contributed by atoms with van der Waals surface area (Å²) >= 11 is 6.56. The summed E-state index contributed by atoms with van der Waals surface area (Å²) in [4.78, 5) is 28.8. The first-order valence-electron chi connectivity index (χ1n) is 8.36. The van der Waals surface area contributed by atoms with Gasteiger partial charge in [0.25, 0.3) is 10.0 Å². The van der Waals surface area contributed by atoms with Crippen molar-refractivity contribution < 1.29 is 13.2 Å². The third-order valence-electron chi connectivity index (χ3n) is 3.98. The Labute approximate surface area is 178 Å². The van der Waals surface area contributed by atoms with Gasteiger partial charge in [-0.3, -0.25) is 14.9 Å². The lowest BCUT2D eigenvalue weighted by Gasteiger charge is -2.08. The lowest BCUT2D eigenvalue weighted by atomic mass is 10.1. The van der Waals surface area contributed by atoms with Gasteiger partial charge in [-0.05, 0) is 36.4 Å². The van der Waals surface area contributed by atoms with Crippen molar-refractivity contribution >= 4 is 55.6 Å². The van der Waals surface area contributed by atoms with Gasteiger partial charge in [-0.1, -0.05) is 23.7 Å². The standard InChI is InChI=1S/C18H12ClN5O4S2/c19-14-7-8-15(29-14)30(27,28)24-18(26)21-10-5-6-13(20-9-10)16-17(25)11-3-1-2-4-12(11)22-23-16/h1-9H,(H,22,25)(H2,21,24,26). The van der Waals surface area contributed by atoms with Crippen LogP contribution in [0.2, 0.25) is 4.34 Å². The summed E-state index contributed by atoms with van der Waals surface area (Å²) in [5.41, 5.74) is 0.981. The van der Waals surface area contributed by atoms with Crippen molar-refractivity contribution in [3.8, 4) is 11.4 Å². The SMILES string of the molecule is O=C(Nc1ccc(-c2n[nH]c3ccccc3c2=O)nc1)NS(=O)(=O)c1ccc(Cl)s1. The van der Waals surface area contributed by atoms with Gasteiger partial charge >= 0.3 is 6.03 Å². The maximum Gasteiger partial charge on any atom is 0.333 e. The molecule has 152 valence electrons. The molecule has 0 bridgehead atoms. The highest BCUT2D eigenvalue weighted by Gasteiger charge is 2.20. The zero-order valence-corrected chi connectivity index (χ0v) is 17.3. The van der Waals surface area contributed by atoms with Crippen molar-refractivity contribution in [3.63, 3.8) is 0 Å². The van der Waals surface area contributed by atoms with Crippen LogP contribution in [0.3, 0.4) is 0 Å². The number of rotatable bonds is 4. The number of nitrogens with one attached hydrogen (secondary N) is 3. The maximum absolute atomic E-state index is 12.6. The first-order valence-corrected chi connectivity index (χ1v) is 11.0.